The molecule has 2 unspecified atom stereocenters. The van der Waals surface area contributed by atoms with Gasteiger partial charge in [-0.25, -0.2) is 0 Å². The minimum absolute atomic E-state index is 0.619. The van der Waals surface area contributed by atoms with Crippen LogP contribution in [0, 0.1) is 5.92 Å². The van der Waals surface area contributed by atoms with E-state index >= 15 is 0 Å². The average Bonchev–Trinajstić information content (AvgIpc) is 2.54. The van der Waals surface area contributed by atoms with Gasteiger partial charge >= 0.3 is 0 Å². The predicted octanol–water partition coefficient (Wildman–Crippen LogP) is 4.69. The van der Waals surface area contributed by atoms with E-state index in [1.165, 1.54) is 24.8 Å². The number of rotatable bonds is 1. The SMILES string of the molecule is C1=CC(C2CCc3ccccc3C2)c2ccccc2C1. The topological polar surface area (TPSA) is 0 Å². The summed E-state index contributed by atoms with van der Waals surface area (Å²) in [6.07, 6.45) is 9.73. The molecule has 2 aliphatic rings. The van der Waals surface area contributed by atoms with Gasteiger partial charge < -0.3 is 0 Å². The van der Waals surface area contributed by atoms with E-state index in [4.69, 9.17) is 0 Å². The third-order valence-corrected chi connectivity index (χ3v) is 4.99. The molecule has 0 aromatic heterocycles. The molecular weight excluding hydrogens is 240 g/mol. The van der Waals surface area contributed by atoms with E-state index in [-0.39, 0.29) is 0 Å². The highest BCUT2D eigenvalue weighted by Gasteiger charge is 2.28. The molecule has 0 bridgehead atoms. The van der Waals surface area contributed by atoms with Gasteiger partial charge in [0, 0.05) is 5.92 Å². The van der Waals surface area contributed by atoms with Crippen LogP contribution in [0.2, 0.25) is 0 Å². The largest absolute Gasteiger partial charge is 0.0835 e. The van der Waals surface area contributed by atoms with E-state index in [0.29, 0.717) is 5.92 Å². The molecule has 0 spiro atoms. The van der Waals surface area contributed by atoms with E-state index in [1.807, 2.05) is 0 Å². The van der Waals surface area contributed by atoms with Gasteiger partial charge in [0.1, 0.15) is 0 Å². The quantitative estimate of drug-likeness (QED) is 0.653. The molecule has 2 aliphatic carbocycles. The first-order valence-electron chi connectivity index (χ1n) is 7.73. The molecule has 0 N–H and O–H groups in total. The Hall–Kier alpha value is -1.82. The van der Waals surface area contributed by atoms with Crippen LogP contribution in [0.25, 0.3) is 0 Å². The minimum atomic E-state index is 0.619. The monoisotopic (exact) mass is 260 g/mol. The molecule has 20 heavy (non-hydrogen) atoms. The van der Waals surface area contributed by atoms with Crippen molar-refractivity contribution in [2.45, 2.75) is 31.6 Å². The maximum absolute atomic E-state index is 2.46. The number of hydrogen-bond donors (Lipinski definition) is 0. The Kier molecular flexibility index (Phi) is 2.95. The Morgan fingerprint density at radius 3 is 2.45 bits per heavy atom. The molecule has 4 rings (SSSR count). The molecule has 0 radical (unpaired) electrons. The van der Waals surface area contributed by atoms with Crippen molar-refractivity contribution in [1.82, 2.24) is 0 Å². The lowest BCUT2D eigenvalue weighted by Crippen LogP contribution is -2.22. The molecule has 2 aromatic rings. The normalized spacial score (nSPS) is 24.0. The fraction of sp³-hybridized carbons (Fsp3) is 0.300. The number of allylic oxidation sites excluding steroid dienone is 2. The van der Waals surface area contributed by atoms with Crippen molar-refractivity contribution >= 4 is 0 Å². The highest BCUT2D eigenvalue weighted by atomic mass is 14.3. The molecule has 0 fully saturated rings. The van der Waals surface area contributed by atoms with Crippen LogP contribution >= 0.6 is 0 Å². The lowest BCUT2D eigenvalue weighted by Gasteiger charge is -2.33. The number of fused-ring (bicyclic) bond motifs is 2. The predicted molar refractivity (Wildman–Crippen MR) is 84.0 cm³/mol. The Bertz CT molecular complexity index is 651. The van der Waals surface area contributed by atoms with E-state index in [0.717, 1.165) is 12.3 Å². The summed E-state index contributed by atoms with van der Waals surface area (Å²) in [6, 6.07) is 18.0. The second-order valence-corrected chi connectivity index (χ2v) is 6.13. The van der Waals surface area contributed by atoms with Gasteiger partial charge in [0.05, 0.1) is 0 Å². The Labute approximate surface area is 121 Å². The highest BCUT2D eigenvalue weighted by molar-refractivity contribution is 5.40. The Morgan fingerprint density at radius 2 is 1.55 bits per heavy atom. The molecule has 0 nitrogen and oxygen atoms in total. The number of aryl methyl sites for hydroxylation is 1. The summed E-state index contributed by atoms with van der Waals surface area (Å²) in [6.45, 7) is 0. The molecule has 0 heterocycles. The zero-order valence-corrected chi connectivity index (χ0v) is 11.8. The molecule has 0 saturated heterocycles. The molecule has 2 aromatic carbocycles. The van der Waals surface area contributed by atoms with Crippen LogP contribution in [0.15, 0.2) is 60.7 Å². The maximum atomic E-state index is 2.46. The van der Waals surface area contributed by atoms with Crippen LogP contribution in [0.5, 0.6) is 0 Å². The van der Waals surface area contributed by atoms with Gasteiger partial charge in [-0.05, 0) is 53.9 Å². The Morgan fingerprint density at radius 1 is 0.800 bits per heavy atom. The van der Waals surface area contributed by atoms with Gasteiger partial charge in [0.15, 0.2) is 0 Å². The first-order chi connectivity index (χ1) is 9.92. The summed E-state index contributed by atoms with van der Waals surface area (Å²) < 4.78 is 0. The summed E-state index contributed by atoms with van der Waals surface area (Å²) >= 11 is 0. The van der Waals surface area contributed by atoms with Gasteiger partial charge in [0.25, 0.3) is 0 Å². The van der Waals surface area contributed by atoms with Gasteiger partial charge in [0.2, 0.25) is 0 Å². The van der Waals surface area contributed by atoms with Gasteiger partial charge in [-0.15, -0.1) is 0 Å². The van der Waals surface area contributed by atoms with E-state index < -0.39 is 0 Å². The number of hydrogen-bond acceptors (Lipinski definition) is 0. The smallest absolute Gasteiger partial charge is 0.00524 e. The summed E-state index contributed by atoms with van der Waals surface area (Å²) in [5, 5.41) is 0. The van der Waals surface area contributed by atoms with Gasteiger partial charge in [-0.3, -0.25) is 0 Å². The first kappa shape index (κ1) is 12.0. The number of benzene rings is 2. The Balaban J connectivity index is 1.66. The summed E-state index contributed by atoms with van der Waals surface area (Å²) in [5.41, 5.74) is 6.23. The second kappa shape index (κ2) is 4.94. The van der Waals surface area contributed by atoms with Crippen LogP contribution in [0.1, 0.15) is 34.6 Å². The second-order valence-electron chi connectivity index (χ2n) is 6.13. The fourth-order valence-electron chi connectivity index (χ4n) is 3.93. The summed E-state index contributed by atoms with van der Waals surface area (Å²) in [4.78, 5) is 0. The van der Waals surface area contributed by atoms with Gasteiger partial charge in [-0.2, -0.15) is 0 Å². The zero-order chi connectivity index (χ0) is 13.4. The van der Waals surface area contributed by atoms with Crippen LogP contribution in [-0.2, 0) is 19.3 Å². The molecule has 0 saturated carbocycles. The molecule has 100 valence electrons. The minimum Gasteiger partial charge on any atom is -0.0835 e. The summed E-state index contributed by atoms with van der Waals surface area (Å²) in [7, 11) is 0. The standard InChI is InChI=1S/C20H20/c1-2-8-17-14-18(13-12-15(17)6-1)20-11-5-9-16-7-3-4-10-19(16)20/h1-8,10-11,18,20H,9,12-14H2. The zero-order valence-electron chi connectivity index (χ0n) is 11.8. The van der Waals surface area contributed by atoms with E-state index in [1.54, 1.807) is 16.7 Å². The van der Waals surface area contributed by atoms with E-state index in [9.17, 15) is 0 Å². The third kappa shape index (κ3) is 2.00. The van der Waals surface area contributed by atoms with Crippen molar-refractivity contribution in [3.8, 4) is 0 Å². The fourth-order valence-corrected chi connectivity index (χ4v) is 3.93. The van der Waals surface area contributed by atoms with Crippen molar-refractivity contribution < 1.29 is 0 Å². The maximum Gasteiger partial charge on any atom is 0.00524 e. The van der Waals surface area contributed by atoms with Crippen molar-refractivity contribution in [2.75, 3.05) is 0 Å². The summed E-state index contributed by atoms with van der Waals surface area (Å²) in [5.74, 6) is 1.39. The molecule has 0 amide bonds. The van der Waals surface area contributed by atoms with Crippen molar-refractivity contribution in [3.05, 3.63) is 82.9 Å². The third-order valence-electron chi connectivity index (χ3n) is 4.99. The van der Waals surface area contributed by atoms with E-state index in [2.05, 4.69) is 60.7 Å². The lowest BCUT2D eigenvalue weighted by molar-refractivity contribution is 0.414. The highest BCUT2D eigenvalue weighted by Crippen LogP contribution is 2.39. The van der Waals surface area contributed by atoms with Crippen molar-refractivity contribution in [1.29, 1.82) is 0 Å². The molecule has 2 atom stereocenters. The molecule has 0 heteroatoms. The van der Waals surface area contributed by atoms with Crippen LogP contribution < -0.4 is 0 Å². The van der Waals surface area contributed by atoms with Crippen molar-refractivity contribution in [2.24, 2.45) is 5.92 Å². The van der Waals surface area contributed by atoms with Crippen molar-refractivity contribution in [3.63, 3.8) is 0 Å². The van der Waals surface area contributed by atoms with Crippen LogP contribution in [-0.4, -0.2) is 0 Å². The average molecular weight is 260 g/mol. The lowest BCUT2D eigenvalue weighted by atomic mass is 9.72. The molecular formula is C20H20. The van der Waals surface area contributed by atoms with Crippen LogP contribution in [0.4, 0.5) is 0 Å². The van der Waals surface area contributed by atoms with Crippen LogP contribution in [0.3, 0.4) is 0 Å². The first-order valence-corrected chi connectivity index (χ1v) is 7.73. The van der Waals surface area contributed by atoms with Gasteiger partial charge in [-0.1, -0.05) is 60.7 Å². The molecule has 0 aliphatic heterocycles.